The van der Waals surface area contributed by atoms with Crippen LogP contribution >= 0.6 is 0 Å². The molecule has 0 aliphatic heterocycles. The van der Waals surface area contributed by atoms with Crippen molar-refractivity contribution in [2.45, 2.75) is 38.3 Å². The van der Waals surface area contributed by atoms with Gasteiger partial charge in [0.15, 0.2) is 0 Å². The Balaban J connectivity index is 1.91. The Hall–Kier alpha value is -1.61. The van der Waals surface area contributed by atoms with Gasteiger partial charge in [0.25, 0.3) is 0 Å². The van der Waals surface area contributed by atoms with Gasteiger partial charge >= 0.3 is 0 Å². The van der Waals surface area contributed by atoms with Crippen LogP contribution in [0.15, 0.2) is 36.8 Å². The number of nitrogens with zero attached hydrogens (tertiary/aromatic N) is 2. The van der Waals surface area contributed by atoms with Crippen molar-refractivity contribution in [2.75, 3.05) is 0 Å². The van der Waals surface area contributed by atoms with Crippen LogP contribution in [0.1, 0.15) is 24.8 Å². The molecule has 0 atom stereocenters. The molecule has 1 aromatic heterocycles. The molecular formula is C15H19N3. The van der Waals surface area contributed by atoms with Gasteiger partial charge in [0.1, 0.15) is 0 Å². The molecule has 1 aliphatic carbocycles. The lowest BCUT2D eigenvalue weighted by Crippen LogP contribution is -2.49. The fourth-order valence-electron chi connectivity index (χ4n) is 2.62. The van der Waals surface area contributed by atoms with Crippen molar-refractivity contribution in [3.63, 3.8) is 0 Å². The first-order chi connectivity index (χ1) is 8.66. The van der Waals surface area contributed by atoms with Crippen molar-refractivity contribution in [2.24, 2.45) is 5.73 Å². The molecular weight excluding hydrogens is 222 g/mol. The number of imidazole rings is 1. The number of nitrogens with two attached hydrogens (primary N) is 1. The molecule has 1 saturated carbocycles. The third-order valence-corrected chi connectivity index (χ3v) is 3.86. The van der Waals surface area contributed by atoms with Crippen LogP contribution in [-0.2, 0) is 6.54 Å². The highest BCUT2D eigenvalue weighted by atomic mass is 15.1. The highest BCUT2D eigenvalue weighted by molar-refractivity contribution is 5.59. The van der Waals surface area contributed by atoms with Gasteiger partial charge in [0, 0.05) is 17.6 Å². The zero-order chi connectivity index (χ0) is 12.6. The molecule has 2 aromatic rings. The smallest absolute Gasteiger partial charge is 0.0951 e. The maximum absolute atomic E-state index is 6.32. The molecule has 0 spiro atoms. The topological polar surface area (TPSA) is 43.8 Å². The molecule has 0 bridgehead atoms. The largest absolute Gasteiger partial charge is 0.329 e. The van der Waals surface area contributed by atoms with E-state index in [1.807, 2.05) is 12.5 Å². The van der Waals surface area contributed by atoms with Gasteiger partial charge in [-0.05, 0) is 32.3 Å². The molecule has 3 rings (SSSR count). The molecule has 0 amide bonds. The minimum Gasteiger partial charge on any atom is -0.329 e. The molecule has 3 heteroatoms. The lowest BCUT2D eigenvalue weighted by atomic mass is 9.77. The predicted octanol–water partition coefficient (Wildman–Crippen LogP) is 2.74. The standard InChI is InChI=1S/C15H19N3/c1-12-4-2-5-13(8-12)14-9-17-11-18(14)10-15(16)6-3-7-15/h2,4-5,8-9,11H,3,6-7,10,16H2,1H3. The number of aromatic nitrogens is 2. The predicted molar refractivity (Wildman–Crippen MR) is 73.2 cm³/mol. The molecule has 18 heavy (non-hydrogen) atoms. The summed E-state index contributed by atoms with van der Waals surface area (Å²) in [5, 5.41) is 0. The van der Waals surface area contributed by atoms with E-state index in [4.69, 9.17) is 5.73 Å². The minimum absolute atomic E-state index is 0.0146. The number of hydrogen-bond donors (Lipinski definition) is 1. The van der Waals surface area contributed by atoms with Crippen LogP contribution in [0.5, 0.6) is 0 Å². The summed E-state index contributed by atoms with van der Waals surface area (Å²) in [6, 6.07) is 8.52. The molecule has 0 radical (unpaired) electrons. The van der Waals surface area contributed by atoms with E-state index in [1.165, 1.54) is 17.5 Å². The number of hydrogen-bond acceptors (Lipinski definition) is 2. The number of benzene rings is 1. The van der Waals surface area contributed by atoms with Crippen molar-refractivity contribution < 1.29 is 0 Å². The summed E-state index contributed by atoms with van der Waals surface area (Å²) in [5.41, 5.74) is 9.96. The summed E-state index contributed by atoms with van der Waals surface area (Å²) in [5.74, 6) is 0. The lowest BCUT2D eigenvalue weighted by Gasteiger charge is -2.38. The van der Waals surface area contributed by atoms with Gasteiger partial charge in [-0.25, -0.2) is 4.98 Å². The summed E-state index contributed by atoms with van der Waals surface area (Å²) in [6.07, 6.45) is 7.32. The highest BCUT2D eigenvalue weighted by Crippen LogP contribution is 2.32. The Bertz CT molecular complexity index is 552. The summed E-state index contributed by atoms with van der Waals surface area (Å²) < 4.78 is 2.19. The van der Waals surface area contributed by atoms with Crippen molar-refractivity contribution in [3.05, 3.63) is 42.4 Å². The van der Waals surface area contributed by atoms with Gasteiger partial charge in [-0.2, -0.15) is 0 Å². The van der Waals surface area contributed by atoms with Crippen LogP contribution in [0.2, 0.25) is 0 Å². The summed E-state index contributed by atoms with van der Waals surface area (Å²) in [6.45, 7) is 2.98. The molecule has 1 fully saturated rings. The van der Waals surface area contributed by atoms with Crippen molar-refractivity contribution in [3.8, 4) is 11.3 Å². The average Bonchev–Trinajstić information content (AvgIpc) is 2.75. The maximum Gasteiger partial charge on any atom is 0.0951 e. The van der Waals surface area contributed by atoms with Crippen molar-refractivity contribution in [1.29, 1.82) is 0 Å². The van der Waals surface area contributed by atoms with E-state index in [-0.39, 0.29) is 5.54 Å². The quantitative estimate of drug-likeness (QED) is 0.898. The molecule has 2 N–H and O–H groups in total. The second kappa shape index (κ2) is 4.25. The van der Waals surface area contributed by atoms with E-state index in [0.29, 0.717) is 0 Å². The zero-order valence-electron chi connectivity index (χ0n) is 10.8. The second-order valence-electron chi connectivity index (χ2n) is 5.49. The molecule has 1 aromatic carbocycles. The van der Waals surface area contributed by atoms with Gasteiger partial charge in [0.05, 0.1) is 18.2 Å². The third-order valence-electron chi connectivity index (χ3n) is 3.86. The van der Waals surface area contributed by atoms with Crippen molar-refractivity contribution in [1.82, 2.24) is 9.55 Å². The summed E-state index contributed by atoms with van der Waals surface area (Å²) in [4.78, 5) is 4.28. The minimum atomic E-state index is -0.0146. The first-order valence-electron chi connectivity index (χ1n) is 6.52. The Morgan fingerprint density at radius 3 is 2.89 bits per heavy atom. The molecule has 1 aliphatic rings. The van der Waals surface area contributed by atoms with Crippen LogP contribution in [0, 0.1) is 6.92 Å². The molecule has 1 heterocycles. The monoisotopic (exact) mass is 241 g/mol. The van der Waals surface area contributed by atoms with E-state index in [2.05, 4.69) is 40.7 Å². The molecule has 3 nitrogen and oxygen atoms in total. The van der Waals surface area contributed by atoms with Gasteiger partial charge in [-0.1, -0.05) is 23.8 Å². The second-order valence-corrected chi connectivity index (χ2v) is 5.49. The van der Waals surface area contributed by atoms with Crippen LogP contribution in [-0.4, -0.2) is 15.1 Å². The lowest BCUT2D eigenvalue weighted by molar-refractivity contribution is 0.216. The van der Waals surface area contributed by atoms with Gasteiger partial charge in [-0.15, -0.1) is 0 Å². The number of aryl methyl sites for hydroxylation is 1. The first-order valence-corrected chi connectivity index (χ1v) is 6.52. The van der Waals surface area contributed by atoms with Crippen LogP contribution in [0.25, 0.3) is 11.3 Å². The van der Waals surface area contributed by atoms with Crippen LogP contribution in [0.3, 0.4) is 0 Å². The Morgan fingerprint density at radius 2 is 2.22 bits per heavy atom. The molecule has 94 valence electrons. The van der Waals surface area contributed by atoms with E-state index in [9.17, 15) is 0 Å². The van der Waals surface area contributed by atoms with Gasteiger partial charge < -0.3 is 10.3 Å². The average molecular weight is 241 g/mol. The Morgan fingerprint density at radius 1 is 1.39 bits per heavy atom. The fourth-order valence-corrected chi connectivity index (χ4v) is 2.62. The Labute approximate surface area is 108 Å². The SMILES string of the molecule is Cc1cccc(-c2cncn2CC2(N)CCC2)c1. The van der Waals surface area contributed by atoms with Crippen LogP contribution in [0.4, 0.5) is 0 Å². The normalized spacial score (nSPS) is 17.4. The Kier molecular flexibility index (Phi) is 2.71. The molecule has 0 saturated heterocycles. The number of rotatable bonds is 3. The van der Waals surface area contributed by atoms with Crippen LogP contribution < -0.4 is 5.73 Å². The van der Waals surface area contributed by atoms with Crippen molar-refractivity contribution >= 4 is 0 Å². The van der Waals surface area contributed by atoms with E-state index in [1.54, 1.807) is 0 Å². The van der Waals surface area contributed by atoms with E-state index < -0.39 is 0 Å². The summed E-state index contributed by atoms with van der Waals surface area (Å²) >= 11 is 0. The summed E-state index contributed by atoms with van der Waals surface area (Å²) in [7, 11) is 0. The molecule has 0 unspecified atom stereocenters. The maximum atomic E-state index is 6.32. The van der Waals surface area contributed by atoms with E-state index >= 15 is 0 Å². The zero-order valence-corrected chi connectivity index (χ0v) is 10.8. The van der Waals surface area contributed by atoms with Gasteiger partial charge in [-0.3, -0.25) is 0 Å². The van der Waals surface area contributed by atoms with E-state index in [0.717, 1.165) is 25.1 Å². The highest BCUT2D eigenvalue weighted by Gasteiger charge is 2.33. The third kappa shape index (κ3) is 2.06. The van der Waals surface area contributed by atoms with Gasteiger partial charge in [0.2, 0.25) is 0 Å². The fraction of sp³-hybridized carbons (Fsp3) is 0.400. The first kappa shape index (κ1) is 11.5.